The summed E-state index contributed by atoms with van der Waals surface area (Å²) in [6.07, 6.45) is 2.66. The normalized spacial score (nSPS) is 17.8. The quantitative estimate of drug-likeness (QED) is 0.768. The molecule has 1 aliphatic heterocycles. The van der Waals surface area contributed by atoms with Crippen molar-refractivity contribution in [3.05, 3.63) is 17.7 Å². The smallest absolute Gasteiger partial charge is 0.224 e. The van der Waals surface area contributed by atoms with Crippen LogP contribution >= 0.6 is 0 Å². The van der Waals surface area contributed by atoms with Gasteiger partial charge in [0, 0.05) is 19.1 Å². The first-order chi connectivity index (χ1) is 12.5. The van der Waals surface area contributed by atoms with Gasteiger partial charge in [-0.2, -0.15) is 0 Å². The lowest BCUT2D eigenvalue weighted by Crippen LogP contribution is -2.43. The van der Waals surface area contributed by atoms with Crippen molar-refractivity contribution < 1.29 is 19.0 Å². The fourth-order valence-corrected chi connectivity index (χ4v) is 3.48. The van der Waals surface area contributed by atoms with Gasteiger partial charge in [0.15, 0.2) is 11.5 Å². The fourth-order valence-electron chi connectivity index (χ4n) is 3.48. The Morgan fingerprint density at radius 1 is 1.19 bits per heavy atom. The van der Waals surface area contributed by atoms with E-state index in [1.54, 1.807) is 21.3 Å². The van der Waals surface area contributed by atoms with Crippen LogP contribution in [0.2, 0.25) is 0 Å². The molecule has 0 unspecified atom stereocenters. The number of nitrogens with one attached hydrogen (secondary N) is 1. The summed E-state index contributed by atoms with van der Waals surface area (Å²) in [4.78, 5) is 14.9. The van der Waals surface area contributed by atoms with Gasteiger partial charge in [-0.15, -0.1) is 0 Å². The van der Waals surface area contributed by atoms with Crippen LogP contribution < -0.4 is 19.5 Å². The molecule has 1 heterocycles. The Hall–Kier alpha value is -1.95. The van der Waals surface area contributed by atoms with Crippen molar-refractivity contribution in [2.24, 2.45) is 5.92 Å². The molecule has 1 atom stereocenters. The van der Waals surface area contributed by atoms with E-state index in [9.17, 15) is 4.79 Å². The van der Waals surface area contributed by atoms with Crippen molar-refractivity contribution in [3.63, 3.8) is 0 Å². The Balaban J connectivity index is 1.93. The minimum absolute atomic E-state index is 0.0148. The average molecular weight is 364 g/mol. The Bertz CT molecular complexity index is 578. The second-order valence-electron chi connectivity index (χ2n) is 7.11. The van der Waals surface area contributed by atoms with E-state index in [0.717, 1.165) is 25.2 Å². The monoisotopic (exact) mass is 364 g/mol. The highest BCUT2D eigenvalue weighted by Gasteiger charge is 2.22. The molecular weight excluding hydrogens is 332 g/mol. The lowest BCUT2D eigenvalue weighted by atomic mass is 9.97. The van der Waals surface area contributed by atoms with E-state index in [0.29, 0.717) is 29.2 Å². The average Bonchev–Trinajstić information content (AvgIpc) is 2.65. The topological polar surface area (TPSA) is 60.0 Å². The molecule has 0 spiro atoms. The van der Waals surface area contributed by atoms with Crippen LogP contribution in [-0.2, 0) is 11.2 Å². The Morgan fingerprint density at radius 2 is 1.85 bits per heavy atom. The third kappa shape index (κ3) is 5.27. The van der Waals surface area contributed by atoms with Gasteiger partial charge in [-0.3, -0.25) is 4.79 Å². The molecule has 0 aromatic heterocycles. The zero-order chi connectivity index (χ0) is 19.1. The van der Waals surface area contributed by atoms with Gasteiger partial charge in [-0.1, -0.05) is 0 Å². The number of piperidine rings is 1. The highest BCUT2D eigenvalue weighted by Crippen LogP contribution is 2.38. The number of hydrogen-bond acceptors (Lipinski definition) is 5. The summed E-state index contributed by atoms with van der Waals surface area (Å²) in [6, 6.07) is 4.21. The van der Waals surface area contributed by atoms with Crippen LogP contribution in [-0.4, -0.2) is 57.8 Å². The number of methoxy groups -OCH3 is 3. The molecule has 1 aromatic carbocycles. The summed E-state index contributed by atoms with van der Waals surface area (Å²) in [5.41, 5.74) is 0.837. The molecular formula is C20H32N2O4. The molecule has 1 fully saturated rings. The summed E-state index contributed by atoms with van der Waals surface area (Å²) in [5.74, 6) is 2.20. The molecule has 0 bridgehead atoms. The van der Waals surface area contributed by atoms with Gasteiger partial charge in [0.05, 0.1) is 27.8 Å². The van der Waals surface area contributed by atoms with Crippen LogP contribution in [0.3, 0.4) is 0 Å². The van der Waals surface area contributed by atoms with E-state index >= 15 is 0 Å². The molecule has 6 nitrogen and oxygen atoms in total. The van der Waals surface area contributed by atoms with Gasteiger partial charge in [0.1, 0.15) is 0 Å². The molecule has 146 valence electrons. The van der Waals surface area contributed by atoms with E-state index < -0.39 is 0 Å². The molecule has 1 N–H and O–H groups in total. The largest absolute Gasteiger partial charge is 0.493 e. The zero-order valence-corrected chi connectivity index (χ0v) is 16.6. The highest BCUT2D eigenvalue weighted by molar-refractivity contribution is 5.79. The number of carbonyl (C=O) groups excluding carboxylic acids is 1. The molecule has 2 rings (SSSR count). The van der Waals surface area contributed by atoms with Crippen LogP contribution in [0.25, 0.3) is 0 Å². The highest BCUT2D eigenvalue weighted by atomic mass is 16.5. The predicted molar refractivity (Wildman–Crippen MR) is 102 cm³/mol. The molecule has 1 aromatic rings. The first-order valence-corrected chi connectivity index (χ1v) is 9.28. The number of hydrogen-bond donors (Lipinski definition) is 1. The predicted octanol–water partition coefficient (Wildman–Crippen LogP) is 2.49. The number of ether oxygens (including phenoxy) is 3. The van der Waals surface area contributed by atoms with Crippen molar-refractivity contribution in [1.82, 2.24) is 10.2 Å². The van der Waals surface area contributed by atoms with E-state index in [1.807, 2.05) is 12.1 Å². The molecule has 26 heavy (non-hydrogen) atoms. The van der Waals surface area contributed by atoms with Crippen molar-refractivity contribution >= 4 is 5.91 Å². The second kappa shape index (κ2) is 9.67. The summed E-state index contributed by atoms with van der Waals surface area (Å²) in [6.45, 7) is 7.40. The van der Waals surface area contributed by atoms with E-state index in [1.165, 1.54) is 12.8 Å². The standard InChI is InChI=1S/C20H32N2O4/c1-14(2)22-8-6-7-15(13-22)12-21-19(23)11-16-9-17(24-3)20(26-5)18(10-16)25-4/h9-10,14-15H,6-8,11-13H2,1-5H3,(H,21,23)/t15-/m0/s1. The van der Waals surface area contributed by atoms with E-state index in [2.05, 4.69) is 24.1 Å². The van der Waals surface area contributed by atoms with Crippen LogP contribution in [0.4, 0.5) is 0 Å². The first kappa shape index (κ1) is 20.4. The third-order valence-electron chi connectivity index (χ3n) is 4.96. The number of benzene rings is 1. The first-order valence-electron chi connectivity index (χ1n) is 9.28. The van der Waals surface area contributed by atoms with Gasteiger partial charge in [-0.05, 0) is 56.8 Å². The molecule has 1 amide bonds. The number of likely N-dealkylation sites (tertiary alicyclic amines) is 1. The Morgan fingerprint density at radius 3 is 2.38 bits per heavy atom. The number of carbonyl (C=O) groups is 1. The van der Waals surface area contributed by atoms with E-state index in [4.69, 9.17) is 14.2 Å². The molecule has 0 saturated carbocycles. The second-order valence-corrected chi connectivity index (χ2v) is 7.11. The summed E-state index contributed by atoms with van der Waals surface area (Å²) >= 11 is 0. The SMILES string of the molecule is COc1cc(CC(=O)NC[C@@H]2CCCN(C(C)C)C2)cc(OC)c1OC. The van der Waals surface area contributed by atoms with Gasteiger partial charge < -0.3 is 24.4 Å². The minimum atomic E-state index is 0.0148. The van der Waals surface area contributed by atoms with Crippen molar-refractivity contribution in [2.45, 2.75) is 39.2 Å². The maximum Gasteiger partial charge on any atom is 0.224 e. The minimum Gasteiger partial charge on any atom is -0.493 e. The van der Waals surface area contributed by atoms with Crippen LogP contribution in [0.1, 0.15) is 32.3 Å². The van der Waals surface area contributed by atoms with Gasteiger partial charge >= 0.3 is 0 Å². The lowest BCUT2D eigenvalue weighted by molar-refractivity contribution is -0.120. The van der Waals surface area contributed by atoms with Crippen molar-refractivity contribution in [3.8, 4) is 17.2 Å². The maximum absolute atomic E-state index is 12.4. The van der Waals surface area contributed by atoms with Crippen LogP contribution in [0.15, 0.2) is 12.1 Å². The Labute approximate surface area is 156 Å². The van der Waals surface area contributed by atoms with Gasteiger partial charge in [0.2, 0.25) is 11.7 Å². The van der Waals surface area contributed by atoms with Crippen molar-refractivity contribution in [1.29, 1.82) is 0 Å². The lowest BCUT2D eigenvalue weighted by Gasteiger charge is -2.35. The number of nitrogens with zero attached hydrogens (tertiary/aromatic N) is 1. The number of amides is 1. The van der Waals surface area contributed by atoms with Gasteiger partial charge in [0.25, 0.3) is 0 Å². The molecule has 1 saturated heterocycles. The van der Waals surface area contributed by atoms with Gasteiger partial charge in [-0.25, -0.2) is 0 Å². The summed E-state index contributed by atoms with van der Waals surface area (Å²) < 4.78 is 16.0. The summed E-state index contributed by atoms with van der Waals surface area (Å²) in [5, 5.41) is 3.09. The maximum atomic E-state index is 12.4. The van der Waals surface area contributed by atoms with Crippen molar-refractivity contribution in [2.75, 3.05) is 41.0 Å². The number of rotatable bonds is 8. The van der Waals surface area contributed by atoms with E-state index in [-0.39, 0.29) is 12.3 Å². The van der Waals surface area contributed by atoms with Crippen LogP contribution in [0.5, 0.6) is 17.2 Å². The Kier molecular flexibility index (Phi) is 7.57. The summed E-state index contributed by atoms with van der Waals surface area (Å²) in [7, 11) is 4.72. The molecule has 0 aliphatic carbocycles. The molecule has 6 heteroatoms. The zero-order valence-electron chi connectivity index (χ0n) is 16.6. The molecule has 0 radical (unpaired) electrons. The van der Waals surface area contributed by atoms with Crippen LogP contribution in [0, 0.1) is 5.92 Å². The molecule has 1 aliphatic rings. The third-order valence-corrected chi connectivity index (χ3v) is 4.96. The fraction of sp³-hybridized carbons (Fsp3) is 0.650.